The molecule has 0 aromatic rings. The van der Waals surface area contributed by atoms with E-state index in [-0.39, 0.29) is 29.8 Å². The van der Waals surface area contributed by atoms with E-state index in [4.69, 9.17) is 0 Å². The first kappa shape index (κ1) is 17.7. The number of carbonyl (C=O) groups excluding carboxylic acids is 2. The third-order valence-corrected chi connectivity index (χ3v) is 6.10. The van der Waals surface area contributed by atoms with Crippen LogP contribution in [0, 0.1) is 5.92 Å². The summed E-state index contributed by atoms with van der Waals surface area (Å²) in [6.07, 6.45) is 6.59. The van der Waals surface area contributed by atoms with Gasteiger partial charge in [-0.1, -0.05) is 19.3 Å². The van der Waals surface area contributed by atoms with Crippen LogP contribution in [0.5, 0.6) is 0 Å². The van der Waals surface area contributed by atoms with Gasteiger partial charge in [0.1, 0.15) is 0 Å². The van der Waals surface area contributed by atoms with Gasteiger partial charge in [0.05, 0.1) is 12.1 Å². The number of piperazine rings is 1. The van der Waals surface area contributed by atoms with E-state index in [0.29, 0.717) is 0 Å². The lowest BCUT2D eigenvalue weighted by atomic mass is 9.84. The second-order valence-electron chi connectivity index (χ2n) is 7.63. The lowest BCUT2D eigenvalue weighted by Crippen LogP contribution is -2.58. The molecule has 2 amide bonds. The fraction of sp³-hybridized carbons (Fsp3) is 0.889. The Morgan fingerprint density at radius 1 is 0.958 bits per heavy atom. The second kappa shape index (κ2) is 7.83. The van der Waals surface area contributed by atoms with Crippen molar-refractivity contribution in [1.82, 2.24) is 15.1 Å². The fourth-order valence-corrected chi connectivity index (χ4v) is 4.22. The average molecular weight is 337 g/mol. The number of nitrogens with one attached hydrogen (secondary N) is 1. The van der Waals surface area contributed by atoms with Gasteiger partial charge in [-0.25, -0.2) is 0 Å². The lowest BCUT2D eigenvalue weighted by molar-refractivity contribution is -0.132. The SMILES string of the molecule is CC(=O)N1CCN([C@@H]2CCCC[C@@H](NC(=O)C3CCC3)[C@H]2O)CC1. The van der Waals surface area contributed by atoms with E-state index in [1.165, 1.54) is 0 Å². The first-order valence-corrected chi connectivity index (χ1v) is 9.54. The van der Waals surface area contributed by atoms with Crippen LogP contribution < -0.4 is 5.32 Å². The number of rotatable bonds is 3. The van der Waals surface area contributed by atoms with Gasteiger partial charge < -0.3 is 15.3 Å². The normalized spacial score (nSPS) is 32.8. The summed E-state index contributed by atoms with van der Waals surface area (Å²) in [4.78, 5) is 27.9. The monoisotopic (exact) mass is 337 g/mol. The Morgan fingerprint density at radius 3 is 2.21 bits per heavy atom. The van der Waals surface area contributed by atoms with E-state index in [2.05, 4.69) is 10.2 Å². The second-order valence-corrected chi connectivity index (χ2v) is 7.63. The van der Waals surface area contributed by atoms with E-state index >= 15 is 0 Å². The Labute approximate surface area is 144 Å². The molecular weight excluding hydrogens is 306 g/mol. The van der Waals surface area contributed by atoms with Crippen molar-refractivity contribution >= 4 is 11.8 Å². The third-order valence-electron chi connectivity index (χ3n) is 6.10. The molecule has 2 saturated carbocycles. The van der Waals surface area contributed by atoms with E-state index in [9.17, 15) is 14.7 Å². The summed E-state index contributed by atoms with van der Waals surface area (Å²) in [6, 6.07) is -0.0373. The minimum atomic E-state index is -0.514. The summed E-state index contributed by atoms with van der Waals surface area (Å²) in [5.41, 5.74) is 0. The van der Waals surface area contributed by atoms with Crippen molar-refractivity contribution in [3.63, 3.8) is 0 Å². The predicted octanol–water partition coefficient (Wildman–Crippen LogP) is 0.739. The molecule has 6 heteroatoms. The van der Waals surface area contributed by atoms with Crippen LogP contribution in [0.25, 0.3) is 0 Å². The summed E-state index contributed by atoms with van der Waals surface area (Å²) < 4.78 is 0. The van der Waals surface area contributed by atoms with Crippen LogP contribution in [-0.2, 0) is 9.59 Å². The average Bonchev–Trinajstić information content (AvgIpc) is 2.68. The van der Waals surface area contributed by atoms with Gasteiger partial charge in [0, 0.05) is 45.1 Å². The minimum Gasteiger partial charge on any atom is -0.389 e. The minimum absolute atomic E-state index is 0.0910. The van der Waals surface area contributed by atoms with E-state index in [0.717, 1.165) is 71.1 Å². The highest BCUT2D eigenvalue weighted by molar-refractivity contribution is 5.79. The molecule has 3 atom stereocenters. The van der Waals surface area contributed by atoms with Crippen LogP contribution in [0.1, 0.15) is 51.9 Å². The molecule has 0 spiro atoms. The Morgan fingerprint density at radius 2 is 1.62 bits per heavy atom. The highest BCUT2D eigenvalue weighted by Crippen LogP contribution is 2.28. The van der Waals surface area contributed by atoms with Crippen LogP contribution in [0.4, 0.5) is 0 Å². The van der Waals surface area contributed by atoms with Gasteiger partial charge in [-0.05, 0) is 25.7 Å². The molecule has 0 aromatic carbocycles. The van der Waals surface area contributed by atoms with Gasteiger partial charge in [0.2, 0.25) is 11.8 Å². The molecule has 1 saturated heterocycles. The number of hydrogen-bond acceptors (Lipinski definition) is 4. The van der Waals surface area contributed by atoms with Crippen molar-refractivity contribution in [2.24, 2.45) is 5.92 Å². The van der Waals surface area contributed by atoms with Crippen molar-refractivity contribution < 1.29 is 14.7 Å². The molecule has 3 aliphatic rings. The molecular formula is C18H31N3O3. The van der Waals surface area contributed by atoms with Crippen molar-refractivity contribution in [2.45, 2.75) is 70.1 Å². The van der Waals surface area contributed by atoms with Gasteiger partial charge in [0.25, 0.3) is 0 Å². The van der Waals surface area contributed by atoms with Gasteiger partial charge in [-0.2, -0.15) is 0 Å². The third kappa shape index (κ3) is 3.91. The summed E-state index contributed by atoms with van der Waals surface area (Å²) >= 11 is 0. The zero-order valence-corrected chi connectivity index (χ0v) is 14.7. The Balaban J connectivity index is 1.58. The van der Waals surface area contributed by atoms with Crippen molar-refractivity contribution in [3.05, 3.63) is 0 Å². The molecule has 3 fully saturated rings. The van der Waals surface area contributed by atoms with Crippen LogP contribution in [0.2, 0.25) is 0 Å². The molecule has 0 aromatic heterocycles. The smallest absolute Gasteiger partial charge is 0.223 e. The first-order chi connectivity index (χ1) is 11.6. The molecule has 6 nitrogen and oxygen atoms in total. The molecule has 136 valence electrons. The number of aliphatic hydroxyl groups is 1. The number of nitrogens with zero attached hydrogens (tertiary/aromatic N) is 2. The Kier molecular flexibility index (Phi) is 5.76. The summed E-state index contributed by atoms with van der Waals surface area (Å²) in [5, 5.41) is 14.0. The summed E-state index contributed by atoms with van der Waals surface area (Å²) in [5.74, 6) is 0.423. The highest BCUT2D eigenvalue weighted by Gasteiger charge is 2.37. The molecule has 0 radical (unpaired) electrons. The molecule has 2 aliphatic carbocycles. The van der Waals surface area contributed by atoms with E-state index in [1.807, 2.05) is 4.90 Å². The molecule has 1 heterocycles. The maximum atomic E-state index is 12.3. The zero-order chi connectivity index (χ0) is 17.1. The fourth-order valence-electron chi connectivity index (χ4n) is 4.22. The quantitative estimate of drug-likeness (QED) is 0.745. The Bertz CT molecular complexity index is 458. The Hall–Kier alpha value is -1.14. The van der Waals surface area contributed by atoms with Crippen molar-refractivity contribution in [2.75, 3.05) is 26.2 Å². The number of carbonyl (C=O) groups is 2. The van der Waals surface area contributed by atoms with E-state index in [1.54, 1.807) is 6.92 Å². The number of amides is 2. The predicted molar refractivity (Wildman–Crippen MR) is 91.4 cm³/mol. The molecule has 3 rings (SSSR count). The topological polar surface area (TPSA) is 72.9 Å². The maximum absolute atomic E-state index is 12.3. The van der Waals surface area contributed by atoms with Crippen molar-refractivity contribution in [1.29, 1.82) is 0 Å². The van der Waals surface area contributed by atoms with Gasteiger partial charge in [-0.3, -0.25) is 14.5 Å². The highest BCUT2D eigenvalue weighted by atomic mass is 16.3. The van der Waals surface area contributed by atoms with Gasteiger partial charge in [0.15, 0.2) is 0 Å². The van der Waals surface area contributed by atoms with Gasteiger partial charge in [-0.15, -0.1) is 0 Å². The molecule has 24 heavy (non-hydrogen) atoms. The number of hydrogen-bond donors (Lipinski definition) is 2. The van der Waals surface area contributed by atoms with E-state index < -0.39 is 6.10 Å². The molecule has 0 bridgehead atoms. The first-order valence-electron chi connectivity index (χ1n) is 9.54. The molecule has 2 N–H and O–H groups in total. The zero-order valence-electron chi connectivity index (χ0n) is 14.7. The van der Waals surface area contributed by atoms with Crippen LogP contribution in [-0.4, -0.2) is 71.1 Å². The number of aliphatic hydroxyl groups excluding tert-OH is 1. The molecule has 0 unspecified atom stereocenters. The maximum Gasteiger partial charge on any atom is 0.223 e. The molecule has 1 aliphatic heterocycles. The van der Waals surface area contributed by atoms with Crippen LogP contribution in [0.15, 0.2) is 0 Å². The summed E-state index contributed by atoms with van der Waals surface area (Å²) in [7, 11) is 0. The lowest BCUT2D eigenvalue weighted by Gasteiger charge is -2.42. The van der Waals surface area contributed by atoms with Crippen LogP contribution >= 0.6 is 0 Å². The summed E-state index contributed by atoms with van der Waals surface area (Å²) in [6.45, 7) is 4.70. The van der Waals surface area contributed by atoms with Crippen molar-refractivity contribution in [3.8, 4) is 0 Å². The van der Waals surface area contributed by atoms with Gasteiger partial charge >= 0.3 is 0 Å². The van der Waals surface area contributed by atoms with Crippen LogP contribution in [0.3, 0.4) is 0 Å². The standard InChI is InChI=1S/C18H31N3O3/c1-13(22)20-9-11-21(12-10-20)16-8-3-2-7-15(17(16)23)19-18(24)14-5-4-6-14/h14-17,23H,2-12H2,1H3,(H,19,24)/t15-,16-,17-/m1/s1. The largest absolute Gasteiger partial charge is 0.389 e.